The quantitative estimate of drug-likeness (QED) is 0.646. The zero-order valence-electron chi connectivity index (χ0n) is 14.0. The zero-order valence-corrected chi connectivity index (χ0v) is 14.8. The fourth-order valence-electron chi connectivity index (χ4n) is 3.22. The zero-order chi connectivity index (χ0) is 17.9. The molecule has 0 radical (unpaired) electrons. The third-order valence-electron chi connectivity index (χ3n) is 4.69. The maximum Gasteiger partial charge on any atom is 0.261 e. The molecule has 2 aliphatic heterocycles. The highest BCUT2D eigenvalue weighted by molar-refractivity contribution is 8.04. The lowest BCUT2D eigenvalue weighted by molar-refractivity contribution is -0.130. The van der Waals surface area contributed by atoms with Crippen molar-refractivity contribution in [3.63, 3.8) is 0 Å². The van der Waals surface area contributed by atoms with E-state index < -0.39 is 10.8 Å². The number of anilines is 2. The first-order valence-corrected chi connectivity index (χ1v) is 9.40. The minimum absolute atomic E-state index is 0.185. The number of primary amides is 1. The van der Waals surface area contributed by atoms with E-state index >= 15 is 0 Å². The van der Waals surface area contributed by atoms with Crippen LogP contribution >= 0.6 is 11.8 Å². The van der Waals surface area contributed by atoms with E-state index in [1.54, 1.807) is 5.41 Å². The molecule has 25 heavy (non-hydrogen) atoms. The normalized spacial score (nSPS) is 25.6. The van der Waals surface area contributed by atoms with Crippen LogP contribution in [0.5, 0.6) is 0 Å². The van der Waals surface area contributed by atoms with Crippen molar-refractivity contribution in [2.24, 2.45) is 11.7 Å². The number of aliphatic hydroxyl groups is 1. The van der Waals surface area contributed by atoms with Crippen LogP contribution in [0.15, 0.2) is 35.7 Å². The molecular weight excluding hydrogens is 338 g/mol. The Morgan fingerprint density at radius 1 is 1.40 bits per heavy atom. The number of nitrogens with two attached hydrogens (primary N) is 1. The summed E-state index contributed by atoms with van der Waals surface area (Å²) < 4.78 is 0. The molecule has 1 fully saturated rings. The fraction of sp³-hybridized carbons (Fsp3) is 0.444. The molecule has 0 bridgehead atoms. The lowest BCUT2D eigenvalue weighted by Gasteiger charge is -2.25. The minimum Gasteiger partial charge on any atom is -0.385 e. The molecular formula is C18H23N3O3S. The molecule has 2 aliphatic rings. The molecule has 3 rings (SSSR count). The molecule has 2 amide bonds. The second kappa shape index (κ2) is 7.49. The maximum absolute atomic E-state index is 11.7. The van der Waals surface area contributed by atoms with E-state index in [4.69, 9.17) is 5.73 Å². The van der Waals surface area contributed by atoms with Crippen LogP contribution in [0, 0.1) is 5.92 Å². The van der Waals surface area contributed by atoms with E-state index in [9.17, 15) is 14.7 Å². The number of rotatable bonds is 7. The Kier molecular flexibility index (Phi) is 5.34. The lowest BCUT2D eigenvalue weighted by atomic mass is 9.96. The van der Waals surface area contributed by atoms with Crippen molar-refractivity contribution >= 4 is 35.0 Å². The predicted molar refractivity (Wildman–Crippen MR) is 100 cm³/mol. The summed E-state index contributed by atoms with van der Waals surface area (Å²) in [6.07, 6.45) is 4.88. The molecule has 1 aromatic carbocycles. The lowest BCUT2D eigenvalue weighted by Crippen LogP contribution is -2.44. The van der Waals surface area contributed by atoms with Crippen LogP contribution in [0.1, 0.15) is 25.7 Å². The first-order valence-electron chi connectivity index (χ1n) is 8.52. The topological polar surface area (TPSA) is 95.7 Å². The molecule has 0 aromatic heterocycles. The van der Waals surface area contributed by atoms with Crippen molar-refractivity contribution in [2.45, 2.75) is 30.6 Å². The van der Waals surface area contributed by atoms with Crippen molar-refractivity contribution in [3.05, 3.63) is 35.7 Å². The first-order chi connectivity index (χ1) is 12.0. The Labute approximate surface area is 151 Å². The molecule has 4 N–H and O–H groups in total. The molecule has 1 aromatic rings. The largest absolute Gasteiger partial charge is 0.385 e. The molecule has 2 atom stereocenters. The predicted octanol–water partition coefficient (Wildman–Crippen LogP) is 2.06. The Balaban J connectivity index is 1.46. The number of nitrogens with zero attached hydrogens (tertiary/aromatic N) is 1. The van der Waals surface area contributed by atoms with E-state index in [2.05, 4.69) is 5.32 Å². The van der Waals surface area contributed by atoms with Crippen LogP contribution in [0.3, 0.4) is 0 Å². The first kappa shape index (κ1) is 17.8. The van der Waals surface area contributed by atoms with Gasteiger partial charge in [-0.1, -0.05) is 17.8 Å². The van der Waals surface area contributed by atoms with Gasteiger partial charge >= 0.3 is 0 Å². The number of amides is 2. The van der Waals surface area contributed by atoms with Crippen LogP contribution in [-0.2, 0) is 9.59 Å². The van der Waals surface area contributed by atoms with E-state index in [1.807, 2.05) is 35.2 Å². The van der Waals surface area contributed by atoms with Crippen LogP contribution in [0.25, 0.3) is 0 Å². The van der Waals surface area contributed by atoms with Crippen LogP contribution in [0.4, 0.5) is 11.4 Å². The number of hydrogen-bond acceptors (Lipinski definition) is 5. The van der Waals surface area contributed by atoms with Crippen molar-refractivity contribution in [3.8, 4) is 0 Å². The summed E-state index contributed by atoms with van der Waals surface area (Å²) in [4.78, 5) is 23.5. The van der Waals surface area contributed by atoms with Gasteiger partial charge in [0, 0.05) is 36.8 Å². The third-order valence-corrected chi connectivity index (χ3v) is 5.84. The van der Waals surface area contributed by atoms with Crippen LogP contribution in [-0.4, -0.2) is 34.9 Å². The Morgan fingerprint density at radius 3 is 2.80 bits per heavy atom. The summed E-state index contributed by atoms with van der Waals surface area (Å²) in [5.41, 5.74) is 7.22. The summed E-state index contributed by atoms with van der Waals surface area (Å²) in [7, 11) is 0. The highest BCUT2D eigenvalue weighted by Crippen LogP contribution is 2.41. The highest BCUT2D eigenvalue weighted by atomic mass is 32.2. The van der Waals surface area contributed by atoms with Gasteiger partial charge < -0.3 is 21.1 Å². The monoisotopic (exact) mass is 361 g/mol. The van der Waals surface area contributed by atoms with Gasteiger partial charge in [-0.25, -0.2) is 0 Å². The molecule has 0 saturated carbocycles. The SMILES string of the molecule is NC(=O)C1(O)SC=CC1CCCNc1ccc(N2CCCC2=O)cc1. The summed E-state index contributed by atoms with van der Waals surface area (Å²) in [6.45, 7) is 1.52. The Morgan fingerprint density at radius 2 is 2.16 bits per heavy atom. The second-order valence-corrected chi connectivity index (χ2v) is 7.51. The smallest absolute Gasteiger partial charge is 0.261 e. The maximum atomic E-state index is 11.7. The van der Waals surface area contributed by atoms with Gasteiger partial charge in [0.25, 0.3) is 5.91 Å². The van der Waals surface area contributed by atoms with Crippen molar-refractivity contribution in [1.29, 1.82) is 0 Å². The van der Waals surface area contributed by atoms with Gasteiger partial charge in [-0.3, -0.25) is 9.59 Å². The molecule has 0 aliphatic carbocycles. The average molecular weight is 361 g/mol. The van der Waals surface area contributed by atoms with Gasteiger partial charge in [-0.05, 0) is 48.9 Å². The summed E-state index contributed by atoms with van der Waals surface area (Å²) in [6, 6.07) is 7.83. The average Bonchev–Trinajstić information content (AvgIpc) is 3.19. The number of carbonyl (C=O) groups is 2. The highest BCUT2D eigenvalue weighted by Gasteiger charge is 2.44. The molecule has 6 nitrogen and oxygen atoms in total. The van der Waals surface area contributed by atoms with Crippen LogP contribution < -0.4 is 16.0 Å². The number of thioether (sulfide) groups is 1. The number of carbonyl (C=O) groups excluding carboxylic acids is 2. The van der Waals surface area contributed by atoms with E-state index in [0.29, 0.717) is 12.8 Å². The van der Waals surface area contributed by atoms with Gasteiger partial charge in [0.2, 0.25) is 5.91 Å². The van der Waals surface area contributed by atoms with Crippen molar-refractivity contribution in [2.75, 3.05) is 23.3 Å². The van der Waals surface area contributed by atoms with Gasteiger partial charge in [0.1, 0.15) is 0 Å². The van der Waals surface area contributed by atoms with Gasteiger partial charge in [-0.2, -0.15) is 0 Å². The molecule has 134 valence electrons. The van der Waals surface area contributed by atoms with Gasteiger partial charge in [-0.15, -0.1) is 0 Å². The molecule has 1 saturated heterocycles. The number of hydrogen-bond donors (Lipinski definition) is 3. The molecule has 2 unspecified atom stereocenters. The summed E-state index contributed by atoms with van der Waals surface area (Å²) in [5, 5.41) is 15.3. The molecule has 7 heteroatoms. The standard InChI is InChI=1S/C18H23N3O3S/c19-17(23)18(24)13(9-12-25-18)3-1-10-20-14-5-7-15(8-6-14)21-11-2-4-16(21)22/h5-9,12-13,20,24H,1-4,10-11H2,(H2,19,23). The van der Waals surface area contributed by atoms with E-state index in [-0.39, 0.29) is 11.8 Å². The summed E-state index contributed by atoms with van der Waals surface area (Å²) >= 11 is 1.08. The van der Waals surface area contributed by atoms with Gasteiger partial charge in [0.05, 0.1) is 0 Å². The Hall–Kier alpha value is -1.99. The number of benzene rings is 1. The fourth-order valence-corrected chi connectivity index (χ4v) is 4.19. The van der Waals surface area contributed by atoms with E-state index in [0.717, 1.165) is 49.1 Å². The summed E-state index contributed by atoms with van der Waals surface area (Å²) in [5.74, 6) is -0.752. The Bertz CT molecular complexity index is 677. The van der Waals surface area contributed by atoms with Gasteiger partial charge in [0.15, 0.2) is 4.93 Å². The van der Waals surface area contributed by atoms with Crippen LogP contribution in [0.2, 0.25) is 0 Å². The second-order valence-electron chi connectivity index (χ2n) is 6.38. The van der Waals surface area contributed by atoms with Crippen molar-refractivity contribution < 1.29 is 14.7 Å². The molecule has 0 spiro atoms. The van der Waals surface area contributed by atoms with E-state index in [1.165, 1.54) is 0 Å². The minimum atomic E-state index is -1.51. The number of nitrogens with one attached hydrogen (secondary N) is 1. The molecule has 2 heterocycles. The third kappa shape index (κ3) is 3.82. The van der Waals surface area contributed by atoms with Crippen molar-refractivity contribution in [1.82, 2.24) is 0 Å².